The molecule has 3 fully saturated rings. The van der Waals surface area contributed by atoms with Crippen molar-refractivity contribution in [2.45, 2.75) is 51.5 Å². The molecule has 3 aliphatic rings. The van der Waals surface area contributed by atoms with Gasteiger partial charge in [0.1, 0.15) is 5.82 Å². The van der Waals surface area contributed by atoms with E-state index in [9.17, 15) is 14.0 Å². The molecule has 2 amide bonds. The van der Waals surface area contributed by atoms with Gasteiger partial charge >= 0.3 is 0 Å². The van der Waals surface area contributed by atoms with E-state index in [0.717, 1.165) is 52.1 Å². The molecule has 0 bridgehead atoms. The first kappa shape index (κ1) is 22.2. The van der Waals surface area contributed by atoms with E-state index >= 15 is 0 Å². The van der Waals surface area contributed by atoms with Crippen LogP contribution in [0.15, 0.2) is 18.2 Å². The number of carbonyl (C=O) groups excluding carboxylic acids is 2. The van der Waals surface area contributed by atoms with Gasteiger partial charge in [0.2, 0.25) is 11.8 Å². The topological polar surface area (TPSA) is 81.9 Å². The van der Waals surface area contributed by atoms with Crippen LogP contribution >= 0.6 is 0 Å². The molecule has 31 heavy (non-hydrogen) atoms. The Labute approximate surface area is 183 Å². The second-order valence-electron chi connectivity index (χ2n) is 10.0. The molecule has 8 heteroatoms. The average molecular weight is 432 g/mol. The van der Waals surface area contributed by atoms with Crippen LogP contribution in [0.2, 0.25) is 0 Å². The Morgan fingerprint density at radius 2 is 1.94 bits per heavy atom. The third-order valence-corrected chi connectivity index (χ3v) is 6.97. The van der Waals surface area contributed by atoms with Gasteiger partial charge < -0.3 is 4.90 Å². The van der Waals surface area contributed by atoms with Crippen LogP contribution in [0.3, 0.4) is 0 Å². The van der Waals surface area contributed by atoms with E-state index < -0.39 is 5.92 Å². The SMILES string of the molecule is CC1(C)CC(CCN2CCN(c3ccc(C4CCC(=O)NC4=O)cc3F)CC2)N(N)C1. The molecule has 0 radical (unpaired) electrons. The van der Waals surface area contributed by atoms with E-state index in [-0.39, 0.29) is 23.0 Å². The summed E-state index contributed by atoms with van der Waals surface area (Å²) in [6.07, 6.45) is 2.92. The zero-order valence-electron chi connectivity index (χ0n) is 18.6. The van der Waals surface area contributed by atoms with E-state index in [4.69, 9.17) is 5.84 Å². The number of hydrogen-bond donors (Lipinski definition) is 2. The highest BCUT2D eigenvalue weighted by Gasteiger charge is 2.36. The lowest BCUT2D eigenvalue weighted by molar-refractivity contribution is -0.134. The summed E-state index contributed by atoms with van der Waals surface area (Å²) in [6.45, 7) is 9.84. The molecule has 3 aliphatic heterocycles. The van der Waals surface area contributed by atoms with Crippen molar-refractivity contribution in [3.63, 3.8) is 0 Å². The summed E-state index contributed by atoms with van der Waals surface area (Å²) in [5, 5.41) is 4.34. The minimum atomic E-state index is -0.458. The number of rotatable bonds is 5. The highest BCUT2D eigenvalue weighted by atomic mass is 19.1. The van der Waals surface area contributed by atoms with E-state index in [1.807, 2.05) is 11.1 Å². The van der Waals surface area contributed by atoms with Gasteiger partial charge in [-0.25, -0.2) is 9.40 Å². The van der Waals surface area contributed by atoms with Crippen LogP contribution in [0, 0.1) is 11.2 Å². The van der Waals surface area contributed by atoms with Crippen LogP contribution in [-0.2, 0) is 9.59 Å². The van der Waals surface area contributed by atoms with Crippen LogP contribution < -0.4 is 16.1 Å². The maximum absolute atomic E-state index is 14.9. The van der Waals surface area contributed by atoms with Gasteiger partial charge in [0, 0.05) is 45.2 Å². The van der Waals surface area contributed by atoms with Crippen molar-refractivity contribution in [3.8, 4) is 0 Å². The van der Waals surface area contributed by atoms with Crippen LogP contribution in [0.5, 0.6) is 0 Å². The van der Waals surface area contributed by atoms with Gasteiger partial charge in [-0.05, 0) is 48.9 Å². The van der Waals surface area contributed by atoms with Crippen molar-refractivity contribution in [3.05, 3.63) is 29.6 Å². The smallest absolute Gasteiger partial charge is 0.234 e. The predicted octanol–water partition coefficient (Wildman–Crippen LogP) is 1.83. The number of piperidine rings is 1. The van der Waals surface area contributed by atoms with Gasteiger partial charge in [0.25, 0.3) is 0 Å². The molecular formula is C23H34FN5O2. The zero-order valence-corrected chi connectivity index (χ0v) is 18.6. The van der Waals surface area contributed by atoms with E-state index in [0.29, 0.717) is 30.1 Å². The van der Waals surface area contributed by atoms with Crippen LogP contribution in [0.4, 0.5) is 10.1 Å². The summed E-state index contributed by atoms with van der Waals surface area (Å²) < 4.78 is 14.9. The molecule has 3 N–H and O–H groups in total. The molecule has 4 rings (SSSR count). The lowest BCUT2D eigenvalue weighted by Crippen LogP contribution is -2.48. The van der Waals surface area contributed by atoms with Gasteiger partial charge in [0.15, 0.2) is 0 Å². The largest absolute Gasteiger partial charge is 0.367 e. The number of piperazine rings is 1. The van der Waals surface area contributed by atoms with Crippen LogP contribution in [0.1, 0.15) is 51.0 Å². The predicted molar refractivity (Wildman–Crippen MR) is 118 cm³/mol. The van der Waals surface area contributed by atoms with Crippen molar-refractivity contribution >= 4 is 17.5 Å². The van der Waals surface area contributed by atoms with E-state index in [2.05, 4.69) is 29.0 Å². The summed E-state index contributed by atoms with van der Waals surface area (Å²) in [7, 11) is 0. The minimum Gasteiger partial charge on any atom is -0.367 e. The molecule has 3 saturated heterocycles. The Morgan fingerprint density at radius 3 is 2.55 bits per heavy atom. The third-order valence-electron chi connectivity index (χ3n) is 6.97. The fraction of sp³-hybridized carbons (Fsp3) is 0.652. The number of benzene rings is 1. The number of anilines is 1. The second kappa shape index (κ2) is 8.84. The summed E-state index contributed by atoms with van der Waals surface area (Å²) in [6, 6.07) is 5.49. The molecule has 0 aromatic heterocycles. The van der Waals surface area contributed by atoms with Crippen molar-refractivity contribution in [1.29, 1.82) is 0 Å². The number of amides is 2. The molecule has 170 valence electrons. The van der Waals surface area contributed by atoms with Gasteiger partial charge in [0.05, 0.1) is 11.6 Å². The Kier molecular flexibility index (Phi) is 6.32. The van der Waals surface area contributed by atoms with Gasteiger partial charge in [-0.1, -0.05) is 19.9 Å². The standard InChI is InChI=1S/C23H34FN5O2/c1-23(2)14-17(29(25)15-23)7-8-27-9-11-28(12-10-27)20-5-3-16(13-19(20)24)18-4-6-21(30)26-22(18)31/h3,5,13,17-18H,4,6-12,14-15,25H2,1-2H3,(H,26,30,31). The second-order valence-corrected chi connectivity index (χ2v) is 10.0. The molecule has 1 aromatic rings. The summed E-state index contributed by atoms with van der Waals surface area (Å²) in [4.78, 5) is 27.9. The maximum atomic E-state index is 14.9. The first-order valence-corrected chi connectivity index (χ1v) is 11.3. The highest BCUT2D eigenvalue weighted by Crippen LogP contribution is 2.33. The van der Waals surface area contributed by atoms with Crippen molar-refractivity contribution in [2.24, 2.45) is 11.3 Å². The molecule has 1 aromatic carbocycles. The zero-order chi connectivity index (χ0) is 22.2. The van der Waals surface area contributed by atoms with Gasteiger partial charge in [-0.3, -0.25) is 25.6 Å². The number of nitrogens with two attached hydrogens (primary N) is 1. The lowest BCUT2D eigenvalue weighted by Gasteiger charge is -2.37. The number of nitrogens with zero attached hydrogens (tertiary/aromatic N) is 3. The first-order valence-electron chi connectivity index (χ1n) is 11.3. The average Bonchev–Trinajstić information content (AvgIpc) is 2.98. The Bertz CT molecular complexity index is 837. The normalized spacial score (nSPS) is 27.5. The van der Waals surface area contributed by atoms with Crippen molar-refractivity contribution < 1.29 is 14.0 Å². The monoisotopic (exact) mass is 431 g/mol. The maximum Gasteiger partial charge on any atom is 0.234 e. The van der Waals surface area contributed by atoms with Gasteiger partial charge in [-0.15, -0.1) is 0 Å². The molecule has 3 heterocycles. The number of imide groups is 1. The fourth-order valence-corrected chi connectivity index (χ4v) is 5.26. The van der Waals surface area contributed by atoms with Crippen LogP contribution in [-0.4, -0.2) is 67.0 Å². The molecular weight excluding hydrogens is 397 g/mol. The Hall–Kier alpha value is -2.03. The first-order chi connectivity index (χ1) is 14.7. The van der Waals surface area contributed by atoms with E-state index in [1.54, 1.807) is 6.07 Å². The summed E-state index contributed by atoms with van der Waals surface area (Å²) in [5.41, 5.74) is 1.51. The van der Waals surface area contributed by atoms with Crippen molar-refractivity contribution in [2.75, 3.05) is 44.2 Å². The number of hydrogen-bond acceptors (Lipinski definition) is 6. The molecule has 0 saturated carbocycles. The number of halogens is 1. The summed E-state index contributed by atoms with van der Waals surface area (Å²) in [5.74, 6) is 4.84. The number of nitrogens with one attached hydrogen (secondary N) is 1. The Morgan fingerprint density at radius 1 is 1.19 bits per heavy atom. The molecule has 0 spiro atoms. The third kappa shape index (κ3) is 5.07. The van der Waals surface area contributed by atoms with Crippen LogP contribution in [0.25, 0.3) is 0 Å². The molecule has 7 nitrogen and oxygen atoms in total. The number of carbonyl (C=O) groups is 2. The highest BCUT2D eigenvalue weighted by molar-refractivity contribution is 6.00. The molecule has 2 atom stereocenters. The van der Waals surface area contributed by atoms with Crippen molar-refractivity contribution in [1.82, 2.24) is 15.2 Å². The lowest BCUT2D eigenvalue weighted by atomic mass is 9.90. The molecule has 0 aliphatic carbocycles. The Balaban J connectivity index is 1.30. The minimum absolute atomic E-state index is 0.257. The summed E-state index contributed by atoms with van der Waals surface area (Å²) >= 11 is 0. The van der Waals surface area contributed by atoms with Gasteiger partial charge in [-0.2, -0.15) is 0 Å². The van der Waals surface area contributed by atoms with E-state index in [1.165, 1.54) is 6.07 Å². The molecule has 2 unspecified atom stereocenters. The fourth-order valence-electron chi connectivity index (χ4n) is 5.26. The quantitative estimate of drug-likeness (QED) is 0.547. The number of hydrazine groups is 1.